The van der Waals surface area contributed by atoms with Gasteiger partial charge in [0.25, 0.3) is 11.8 Å². The van der Waals surface area contributed by atoms with Crippen LogP contribution in [-0.2, 0) is 9.59 Å². The van der Waals surface area contributed by atoms with Gasteiger partial charge in [-0.05, 0) is 55.3 Å². The molecule has 0 spiro atoms. The van der Waals surface area contributed by atoms with Gasteiger partial charge >= 0.3 is 0 Å². The zero-order chi connectivity index (χ0) is 23.0. The van der Waals surface area contributed by atoms with Gasteiger partial charge in [-0.1, -0.05) is 29.8 Å². The van der Waals surface area contributed by atoms with E-state index in [4.69, 9.17) is 4.74 Å². The molecule has 1 N–H and O–H groups in total. The maximum Gasteiger partial charge on any atom is 0.282 e. The number of nitrogens with one attached hydrogen (secondary N) is 1. The second-order valence-corrected chi connectivity index (χ2v) is 7.46. The predicted molar refractivity (Wildman–Crippen MR) is 118 cm³/mol. The number of anilines is 2. The van der Waals surface area contributed by atoms with Crippen LogP contribution in [0.25, 0.3) is 5.57 Å². The van der Waals surface area contributed by atoms with Gasteiger partial charge in [0.1, 0.15) is 23.1 Å². The highest BCUT2D eigenvalue weighted by Crippen LogP contribution is 2.36. The summed E-state index contributed by atoms with van der Waals surface area (Å²) in [5.74, 6) is -2.59. The molecule has 162 valence electrons. The van der Waals surface area contributed by atoms with E-state index in [1.165, 1.54) is 7.11 Å². The summed E-state index contributed by atoms with van der Waals surface area (Å²) in [6.07, 6.45) is 0. The van der Waals surface area contributed by atoms with Gasteiger partial charge in [-0.3, -0.25) is 9.59 Å². The molecule has 0 saturated heterocycles. The van der Waals surface area contributed by atoms with Crippen LogP contribution in [0.4, 0.5) is 20.2 Å². The van der Waals surface area contributed by atoms with Crippen LogP contribution < -0.4 is 15.0 Å². The van der Waals surface area contributed by atoms with E-state index in [-0.39, 0.29) is 11.3 Å². The molecule has 4 rings (SSSR count). The second-order valence-electron chi connectivity index (χ2n) is 7.46. The number of halogens is 2. The summed E-state index contributed by atoms with van der Waals surface area (Å²) in [6, 6.07) is 14.8. The van der Waals surface area contributed by atoms with Crippen LogP contribution in [0.1, 0.15) is 16.7 Å². The maximum absolute atomic E-state index is 14.5. The average molecular weight is 434 g/mol. The Morgan fingerprint density at radius 3 is 2.25 bits per heavy atom. The minimum atomic E-state index is -0.880. The number of benzene rings is 3. The van der Waals surface area contributed by atoms with E-state index in [1.54, 1.807) is 30.3 Å². The van der Waals surface area contributed by atoms with Crippen molar-refractivity contribution in [2.24, 2.45) is 0 Å². The van der Waals surface area contributed by atoms with Crippen molar-refractivity contribution in [2.45, 2.75) is 13.8 Å². The van der Waals surface area contributed by atoms with Crippen LogP contribution in [0.15, 0.2) is 66.4 Å². The lowest BCUT2D eigenvalue weighted by molar-refractivity contribution is -0.120. The Morgan fingerprint density at radius 2 is 1.59 bits per heavy atom. The first-order chi connectivity index (χ1) is 15.3. The van der Waals surface area contributed by atoms with E-state index in [2.05, 4.69) is 5.32 Å². The molecule has 1 aliphatic rings. The third-order valence-electron chi connectivity index (χ3n) is 5.25. The largest absolute Gasteiger partial charge is 0.497 e. The van der Waals surface area contributed by atoms with Gasteiger partial charge in [0.15, 0.2) is 0 Å². The first kappa shape index (κ1) is 21.2. The predicted octanol–water partition coefficient (Wildman–Crippen LogP) is 4.99. The lowest BCUT2D eigenvalue weighted by atomic mass is 10.0. The third kappa shape index (κ3) is 3.73. The minimum absolute atomic E-state index is 0.0178. The van der Waals surface area contributed by atoms with E-state index in [0.29, 0.717) is 21.9 Å². The molecule has 5 nitrogen and oxygen atoms in total. The molecular weight excluding hydrogens is 414 g/mol. The zero-order valence-electron chi connectivity index (χ0n) is 17.7. The van der Waals surface area contributed by atoms with Crippen LogP contribution in [0.5, 0.6) is 5.75 Å². The van der Waals surface area contributed by atoms with Crippen molar-refractivity contribution < 1.29 is 23.1 Å². The second kappa shape index (κ2) is 8.26. The third-order valence-corrected chi connectivity index (χ3v) is 5.25. The van der Waals surface area contributed by atoms with Gasteiger partial charge in [-0.2, -0.15) is 0 Å². The lowest BCUT2D eigenvalue weighted by Gasteiger charge is -2.16. The van der Waals surface area contributed by atoms with Crippen LogP contribution in [0.3, 0.4) is 0 Å². The molecule has 3 aromatic carbocycles. The zero-order valence-corrected chi connectivity index (χ0v) is 17.7. The monoisotopic (exact) mass is 434 g/mol. The van der Waals surface area contributed by atoms with Crippen molar-refractivity contribution in [3.05, 3.63) is 94.7 Å². The van der Waals surface area contributed by atoms with Crippen molar-refractivity contribution in [3.63, 3.8) is 0 Å². The first-order valence-electron chi connectivity index (χ1n) is 9.87. The lowest BCUT2D eigenvalue weighted by Crippen LogP contribution is -2.33. The number of rotatable bonds is 5. The van der Waals surface area contributed by atoms with E-state index in [1.807, 2.05) is 26.0 Å². The summed E-state index contributed by atoms with van der Waals surface area (Å²) in [5, 5.41) is 3.05. The molecule has 0 atom stereocenters. The highest BCUT2D eigenvalue weighted by atomic mass is 19.1. The van der Waals surface area contributed by atoms with Gasteiger partial charge in [0.05, 0.1) is 18.4 Å². The molecule has 32 heavy (non-hydrogen) atoms. The van der Waals surface area contributed by atoms with Crippen LogP contribution in [0, 0.1) is 25.5 Å². The number of carbonyl (C=O) groups is 2. The fraction of sp³-hybridized carbons (Fsp3) is 0.120. The van der Waals surface area contributed by atoms with E-state index < -0.39 is 29.1 Å². The van der Waals surface area contributed by atoms with Crippen molar-refractivity contribution >= 4 is 28.8 Å². The molecule has 7 heteroatoms. The number of hydrogen-bond donors (Lipinski definition) is 1. The highest BCUT2D eigenvalue weighted by molar-refractivity contribution is 6.46. The number of methoxy groups -OCH3 is 1. The van der Waals surface area contributed by atoms with Gasteiger partial charge in [-0.15, -0.1) is 0 Å². The summed E-state index contributed by atoms with van der Waals surface area (Å²) >= 11 is 0. The van der Waals surface area contributed by atoms with E-state index in [9.17, 15) is 18.4 Å². The number of carbonyl (C=O) groups excluding carboxylic acids is 2. The summed E-state index contributed by atoms with van der Waals surface area (Å²) in [5.41, 5.74) is 2.56. The van der Waals surface area contributed by atoms with Crippen molar-refractivity contribution in [2.75, 3.05) is 17.3 Å². The normalized spacial score (nSPS) is 13.7. The Hall–Kier alpha value is -4.00. The smallest absolute Gasteiger partial charge is 0.282 e. The molecular formula is C25H20F2N2O3. The number of imide groups is 1. The van der Waals surface area contributed by atoms with Gasteiger partial charge in [-0.25, -0.2) is 13.7 Å². The van der Waals surface area contributed by atoms with Crippen LogP contribution >= 0.6 is 0 Å². The van der Waals surface area contributed by atoms with E-state index in [0.717, 1.165) is 29.3 Å². The SMILES string of the molecule is COc1ccc(C2=C(Nc3ccc(C)cc3C)C(=O)N(c3cc(F)ccc3F)C2=O)cc1. The Balaban J connectivity index is 1.86. The standard InChI is InChI=1S/C25H20F2N2O3/c1-14-4-11-20(15(2)12-14)28-23-22(16-5-8-18(32-3)9-6-16)24(30)29(25(23)31)21-13-17(26)7-10-19(21)27/h4-13,28H,1-3H3. The summed E-state index contributed by atoms with van der Waals surface area (Å²) in [6.45, 7) is 3.81. The molecule has 1 heterocycles. The number of ether oxygens (including phenoxy) is 1. The van der Waals surface area contributed by atoms with Gasteiger partial charge in [0.2, 0.25) is 0 Å². The summed E-state index contributed by atoms with van der Waals surface area (Å²) in [4.78, 5) is 27.4. The maximum atomic E-state index is 14.5. The summed E-state index contributed by atoms with van der Waals surface area (Å²) in [7, 11) is 1.51. The minimum Gasteiger partial charge on any atom is -0.497 e. The van der Waals surface area contributed by atoms with Crippen molar-refractivity contribution in [3.8, 4) is 5.75 Å². The van der Waals surface area contributed by atoms with Crippen molar-refractivity contribution in [1.29, 1.82) is 0 Å². The Labute approximate surface area is 183 Å². The molecule has 0 fully saturated rings. The fourth-order valence-electron chi connectivity index (χ4n) is 3.64. The average Bonchev–Trinajstić information content (AvgIpc) is 3.01. The number of nitrogens with zero attached hydrogens (tertiary/aromatic N) is 1. The molecule has 0 saturated carbocycles. The summed E-state index contributed by atoms with van der Waals surface area (Å²) < 4.78 is 33.5. The molecule has 0 aliphatic carbocycles. The number of amides is 2. The highest BCUT2D eigenvalue weighted by Gasteiger charge is 2.41. The quantitative estimate of drug-likeness (QED) is 0.575. The topological polar surface area (TPSA) is 58.6 Å². The van der Waals surface area contributed by atoms with Crippen molar-refractivity contribution in [1.82, 2.24) is 0 Å². The molecule has 0 unspecified atom stereocenters. The molecule has 0 aromatic heterocycles. The fourth-order valence-corrected chi connectivity index (χ4v) is 3.64. The van der Waals surface area contributed by atoms with Crippen LogP contribution in [-0.4, -0.2) is 18.9 Å². The van der Waals surface area contributed by atoms with Crippen LogP contribution in [0.2, 0.25) is 0 Å². The Kier molecular flexibility index (Phi) is 5.48. The Bertz CT molecular complexity index is 1270. The number of aryl methyl sites for hydroxylation is 2. The molecule has 1 aliphatic heterocycles. The van der Waals surface area contributed by atoms with E-state index >= 15 is 0 Å². The molecule has 0 radical (unpaired) electrons. The Morgan fingerprint density at radius 1 is 0.875 bits per heavy atom. The molecule has 2 amide bonds. The van der Waals surface area contributed by atoms with Gasteiger partial charge in [0, 0.05) is 11.8 Å². The molecule has 3 aromatic rings. The number of hydrogen-bond acceptors (Lipinski definition) is 4. The molecule has 0 bridgehead atoms. The first-order valence-corrected chi connectivity index (χ1v) is 9.87. The van der Waals surface area contributed by atoms with Gasteiger partial charge < -0.3 is 10.1 Å².